The van der Waals surface area contributed by atoms with E-state index < -0.39 is 0 Å². The van der Waals surface area contributed by atoms with Gasteiger partial charge in [-0.15, -0.1) is 11.6 Å². The van der Waals surface area contributed by atoms with Crippen molar-refractivity contribution in [2.45, 2.75) is 65.2 Å². The van der Waals surface area contributed by atoms with Gasteiger partial charge in [-0.3, -0.25) is 0 Å². The summed E-state index contributed by atoms with van der Waals surface area (Å²) < 4.78 is 0. The summed E-state index contributed by atoms with van der Waals surface area (Å²) in [5, 5.41) is 0.115. The maximum absolute atomic E-state index is 6.49. The van der Waals surface area contributed by atoms with Gasteiger partial charge in [-0.25, -0.2) is 0 Å². The van der Waals surface area contributed by atoms with E-state index in [2.05, 4.69) is 65.8 Å². The second-order valence-electron chi connectivity index (χ2n) is 7.09. The average molecular weight is 267 g/mol. The minimum absolute atomic E-state index is 0.115. The van der Waals surface area contributed by atoms with Crippen LogP contribution in [0.15, 0.2) is 24.3 Å². The summed E-state index contributed by atoms with van der Waals surface area (Å²) in [5.74, 6) is 0. The largest absolute Gasteiger partial charge is 0.118 e. The number of benzene rings is 1. The summed E-state index contributed by atoms with van der Waals surface area (Å²) in [6, 6.07) is 8.85. The number of rotatable bonds is 4. The maximum atomic E-state index is 6.49. The summed E-state index contributed by atoms with van der Waals surface area (Å²) in [6.45, 7) is 13.5. The standard InChI is InChI=1S/C17H27Cl/c1-7-17(5,6)14-10-8-13(9-11-14)15(18)12-16(2,3)4/h8-11,15H,7,12H2,1-6H3. The van der Waals surface area contributed by atoms with Crippen molar-refractivity contribution in [1.29, 1.82) is 0 Å². The predicted octanol–water partition coefficient (Wildman–Crippen LogP) is 6.09. The van der Waals surface area contributed by atoms with Gasteiger partial charge in [0.2, 0.25) is 0 Å². The Hall–Kier alpha value is -0.490. The first-order valence-corrected chi connectivity index (χ1v) is 7.34. The lowest BCUT2D eigenvalue weighted by molar-refractivity contribution is 0.372. The lowest BCUT2D eigenvalue weighted by Crippen LogP contribution is -2.15. The molecule has 1 atom stereocenters. The number of alkyl halides is 1. The number of hydrogen-bond donors (Lipinski definition) is 0. The molecule has 1 aromatic carbocycles. The Bertz CT molecular complexity index is 368. The third-order valence-electron chi connectivity index (χ3n) is 3.73. The molecule has 0 aliphatic rings. The van der Waals surface area contributed by atoms with Crippen molar-refractivity contribution in [3.05, 3.63) is 35.4 Å². The molecule has 1 unspecified atom stereocenters. The highest BCUT2D eigenvalue weighted by atomic mass is 35.5. The molecule has 0 bridgehead atoms. The average Bonchev–Trinajstić information content (AvgIpc) is 2.27. The molecule has 0 amide bonds. The van der Waals surface area contributed by atoms with E-state index in [1.165, 1.54) is 11.1 Å². The van der Waals surface area contributed by atoms with Crippen LogP contribution in [0.4, 0.5) is 0 Å². The van der Waals surface area contributed by atoms with Crippen LogP contribution in [0.1, 0.15) is 70.9 Å². The molecule has 0 N–H and O–H groups in total. The van der Waals surface area contributed by atoms with Crippen molar-refractivity contribution in [2.75, 3.05) is 0 Å². The first kappa shape index (κ1) is 15.6. The fourth-order valence-electron chi connectivity index (χ4n) is 2.00. The fraction of sp³-hybridized carbons (Fsp3) is 0.647. The highest BCUT2D eigenvalue weighted by Gasteiger charge is 2.20. The summed E-state index contributed by atoms with van der Waals surface area (Å²) in [7, 11) is 0. The van der Waals surface area contributed by atoms with Gasteiger partial charge in [0, 0.05) is 0 Å². The van der Waals surface area contributed by atoms with Gasteiger partial charge in [-0.1, -0.05) is 65.8 Å². The first-order valence-electron chi connectivity index (χ1n) is 6.90. The number of halogens is 1. The SMILES string of the molecule is CCC(C)(C)c1ccc(C(Cl)CC(C)(C)C)cc1. The van der Waals surface area contributed by atoms with E-state index in [1.807, 2.05) is 0 Å². The van der Waals surface area contributed by atoms with Gasteiger partial charge in [-0.2, -0.15) is 0 Å². The highest BCUT2D eigenvalue weighted by Crippen LogP contribution is 2.35. The monoisotopic (exact) mass is 266 g/mol. The molecule has 0 fully saturated rings. The first-order chi connectivity index (χ1) is 8.15. The van der Waals surface area contributed by atoms with Crippen molar-refractivity contribution in [1.82, 2.24) is 0 Å². The van der Waals surface area contributed by atoms with Crippen LogP contribution in [-0.2, 0) is 5.41 Å². The van der Waals surface area contributed by atoms with Crippen LogP contribution < -0.4 is 0 Å². The smallest absolute Gasteiger partial charge is 0.0590 e. The quantitative estimate of drug-likeness (QED) is 0.579. The van der Waals surface area contributed by atoms with Gasteiger partial charge in [0.25, 0.3) is 0 Å². The van der Waals surface area contributed by atoms with E-state index in [-0.39, 0.29) is 16.2 Å². The molecule has 0 spiro atoms. The molecule has 0 aromatic heterocycles. The van der Waals surface area contributed by atoms with Crippen molar-refractivity contribution < 1.29 is 0 Å². The predicted molar refractivity (Wildman–Crippen MR) is 82.4 cm³/mol. The Labute approximate surface area is 118 Å². The minimum atomic E-state index is 0.115. The molecule has 1 rings (SSSR count). The maximum Gasteiger partial charge on any atom is 0.0590 e. The van der Waals surface area contributed by atoms with E-state index in [4.69, 9.17) is 11.6 Å². The van der Waals surface area contributed by atoms with Crippen LogP contribution in [0.25, 0.3) is 0 Å². The molecule has 18 heavy (non-hydrogen) atoms. The van der Waals surface area contributed by atoms with Crippen LogP contribution in [-0.4, -0.2) is 0 Å². The summed E-state index contributed by atoms with van der Waals surface area (Å²) in [5.41, 5.74) is 3.16. The van der Waals surface area contributed by atoms with E-state index in [0.717, 1.165) is 12.8 Å². The summed E-state index contributed by atoms with van der Waals surface area (Å²) >= 11 is 6.49. The lowest BCUT2D eigenvalue weighted by atomic mass is 9.81. The van der Waals surface area contributed by atoms with Crippen LogP contribution in [0.3, 0.4) is 0 Å². The Morgan fingerprint density at radius 2 is 1.50 bits per heavy atom. The van der Waals surface area contributed by atoms with Gasteiger partial charge in [0.15, 0.2) is 0 Å². The molecule has 0 aliphatic heterocycles. The van der Waals surface area contributed by atoms with Gasteiger partial charge >= 0.3 is 0 Å². The molecule has 0 saturated heterocycles. The Balaban J connectivity index is 2.83. The van der Waals surface area contributed by atoms with E-state index in [1.54, 1.807) is 0 Å². The zero-order chi connectivity index (χ0) is 14.0. The molecular weight excluding hydrogens is 240 g/mol. The van der Waals surface area contributed by atoms with Crippen molar-refractivity contribution in [3.8, 4) is 0 Å². The van der Waals surface area contributed by atoms with Crippen molar-refractivity contribution in [2.24, 2.45) is 5.41 Å². The molecule has 0 nitrogen and oxygen atoms in total. The zero-order valence-electron chi connectivity index (χ0n) is 12.7. The van der Waals surface area contributed by atoms with Gasteiger partial charge < -0.3 is 0 Å². The van der Waals surface area contributed by atoms with Crippen LogP contribution in [0.5, 0.6) is 0 Å². The lowest BCUT2D eigenvalue weighted by Gasteiger charge is -2.25. The molecule has 102 valence electrons. The highest BCUT2D eigenvalue weighted by molar-refractivity contribution is 6.20. The Kier molecular flexibility index (Phi) is 4.89. The summed E-state index contributed by atoms with van der Waals surface area (Å²) in [6.07, 6.45) is 2.16. The van der Waals surface area contributed by atoms with Crippen molar-refractivity contribution >= 4 is 11.6 Å². The van der Waals surface area contributed by atoms with Crippen LogP contribution >= 0.6 is 11.6 Å². The molecule has 1 aromatic rings. The Morgan fingerprint density at radius 3 is 1.89 bits per heavy atom. The Morgan fingerprint density at radius 1 is 1.00 bits per heavy atom. The zero-order valence-corrected chi connectivity index (χ0v) is 13.4. The fourth-order valence-corrected chi connectivity index (χ4v) is 2.61. The molecule has 0 aliphatic carbocycles. The van der Waals surface area contributed by atoms with Gasteiger partial charge in [0.05, 0.1) is 5.38 Å². The molecule has 0 heterocycles. The second-order valence-corrected chi connectivity index (χ2v) is 7.62. The molecule has 1 heteroatoms. The third kappa shape index (κ3) is 4.31. The van der Waals surface area contributed by atoms with Crippen LogP contribution in [0.2, 0.25) is 0 Å². The topological polar surface area (TPSA) is 0 Å². The third-order valence-corrected chi connectivity index (χ3v) is 4.14. The van der Waals surface area contributed by atoms with Crippen LogP contribution in [0, 0.1) is 5.41 Å². The second kappa shape index (κ2) is 5.65. The van der Waals surface area contributed by atoms with Gasteiger partial charge in [0.1, 0.15) is 0 Å². The van der Waals surface area contributed by atoms with E-state index >= 15 is 0 Å². The minimum Gasteiger partial charge on any atom is -0.118 e. The van der Waals surface area contributed by atoms with E-state index in [9.17, 15) is 0 Å². The normalized spacial score (nSPS) is 14.6. The number of hydrogen-bond acceptors (Lipinski definition) is 0. The van der Waals surface area contributed by atoms with Crippen molar-refractivity contribution in [3.63, 3.8) is 0 Å². The molecule has 0 saturated carbocycles. The summed E-state index contributed by atoms with van der Waals surface area (Å²) in [4.78, 5) is 0. The molecule has 0 radical (unpaired) electrons. The van der Waals surface area contributed by atoms with Gasteiger partial charge in [-0.05, 0) is 34.8 Å². The molecular formula is C17H27Cl. The van der Waals surface area contributed by atoms with E-state index in [0.29, 0.717) is 0 Å².